The van der Waals surface area contributed by atoms with Crippen molar-refractivity contribution in [2.45, 2.75) is 58.7 Å². The maximum Gasteiger partial charge on any atom is 0.257 e. The SMILES string of the molecule is C=CC(=O)N[C@@H](C)C(=O)N[C@H](C(=O)N(C(=O)[C@@H]1CCCN1)c1cc2c(Nc3ccc(F)c(Cl)c3F)ncnc2cc1OC)C(C)(C)C. The topological polar surface area (TPSA) is 155 Å². The number of hydrogen-bond acceptors (Lipinski definition) is 9. The van der Waals surface area contributed by atoms with Gasteiger partial charge in [0.25, 0.3) is 11.8 Å². The van der Waals surface area contributed by atoms with Crippen molar-refractivity contribution < 1.29 is 32.7 Å². The van der Waals surface area contributed by atoms with Gasteiger partial charge in [-0.15, -0.1) is 0 Å². The molecule has 0 radical (unpaired) electrons. The monoisotopic (exact) mass is 671 g/mol. The minimum Gasteiger partial charge on any atom is -0.494 e. The van der Waals surface area contributed by atoms with Crippen molar-refractivity contribution in [3.8, 4) is 5.75 Å². The molecule has 1 saturated heterocycles. The number of carbonyl (C=O) groups is 4. The number of rotatable bonds is 10. The fraction of sp³-hybridized carbons (Fsp3) is 0.375. The van der Waals surface area contributed by atoms with E-state index in [-0.39, 0.29) is 28.3 Å². The summed E-state index contributed by atoms with van der Waals surface area (Å²) in [7, 11) is 1.36. The average molecular weight is 672 g/mol. The van der Waals surface area contributed by atoms with Gasteiger partial charge in [0, 0.05) is 11.5 Å². The Morgan fingerprint density at radius 2 is 1.89 bits per heavy atom. The molecule has 1 aliphatic heterocycles. The van der Waals surface area contributed by atoms with Gasteiger partial charge in [0.05, 0.1) is 30.0 Å². The Morgan fingerprint density at radius 1 is 1.17 bits per heavy atom. The van der Waals surface area contributed by atoms with Crippen molar-refractivity contribution in [3.63, 3.8) is 0 Å². The maximum absolute atomic E-state index is 14.8. The molecule has 0 aliphatic carbocycles. The molecule has 4 amide bonds. The number of anilines is 3. The van der Waals surface area contributed by atoms with Gasteiger partial charge < -0.3 is 26.0 Å². The molecule has 0 saturated carbocycles. The Hall–Kier alpha value is -4.69. The quantitative estimate of drug-likeness (QED) is 0.184. The highest BCUT2D eigenvalue weighted by Crippen LogP contribution is 2.38. The van der Waals surface area contributed by atoms with E-state index >= 15 is 0 Å². The van der Waals surface area contributed by atoms with Gasteiger partial charge in [-0.05, 0) is 56.0 Å². The van der Waals surface area contributed by atoms with E-state index in [4.69, 9.17) is 16.3 Å². The number of ether oxygens (including phenoxy) is 1. The fourth-order valence-electron chi connectivity index (χ4n) is 5.04. The Balaban J connectivity index is 1.86. The van der Waals surface area contributed by atoms with Crippen molar-refractivity contribution in [1.82, 2.24) is 25.9 Å². The lowest BCUT2D eigenvalue weighted by Gasteiger charge is -2.36. The number of imide groups is 1. The normalized spacial score (nSPS) is 15.8. The zero-order chi connectivity index (χ0) is 34.6. The number of hydrogen-bond donors (Lipinski definition) is 4. The van der Waals surface area contributed by atoms with Crippen molar-refractivity contribution in [2.75, 3.05) is 23.9 Å². The summed E-state index contributed by atoms with van der Waals surface area (Å²) in [5.74, 6) is -4.43. The first-order valence-electron chi connectivity index (χ1n) is 14.8. The Kier molecular flexibility index (Phi) is 10.8. The summed E-state index contributed by atoms with van der Waals surface area (Å²) in [5, 5.41) is 10.6. The minimum absolute atomic E-state index is 0.00988. The summed E-state index contributed by atoms with van der Waals surface area (Å²) in [6, 6.07) is 2.06. The molecule has 3 atom stereocenters. The third-order valence-corrected chi connectivity index (χ3v) is 7.95. The van der Waals surface area contributed by atoms with E-state index in [9.17, 15) is 28.0 Å². The van der Waals surface area contributed by atoms with Crippen LogP contribution < -0.4 is 30.9 Å². The number of methoxy groups -OCH3 is 1. The second kappa shape index (κ2) is 14.4. The van der Waals surface area contributed by atoms with Crippen LogP contribution in [0.2, 0.25) is 5.02 Å². The van der Waals surface area contributed by atoms with Crippen LogP contribution in [0.25, 0.3) is 10.9 Å². The van der Waals surface area contributed by atoms with E-state index in [0.717, 1.165) is 23.1 Å². The number of nitrogens with zero attached hydrogens (tertiary/aromatic N) is 3. The van der Waals surface area contributed by atoms with Crippen LogP contribution in [0.5, 0.6) is 5.75 Å². The lowest BCUT2D eigenvalue weighted by molar-refractivity contribution is -0.134. The first kappa shape index (κ1) is 35.2. The average Bonchev–Trinajstić information content (AvgIpc) is 3.58. The van der Waals surface area contributed by atoms with Gasteiger partial charge in [-0.3, -0.25) is 19.2 Å². The van der Waals surface area contributed by atoms with Crippen molar-refractivity contribution in [1.29, 1.82) is 0 Å². The molecule has 15 heteroatoms. The lowest BCUT2D eigenvalue weighted by Crippen LogP contribution is -2.60. The first-order chi connectivity index (χ1) is 22.2. The number of nitrogens with one attached hydrogen (secondary N) is 4. The van der Waals surface area contributed by atoms with Gasteiger partial charge >= 0.3 is 0 Å². The molecular weight excluding hydrogens is 636 g/mol. The van der Waals surface area contributed by atoms with Gasteiger partial charge in [-0.25, -0.2) is 23.6 Å². The summed E-state index contributed by atoms with van der Waals surface area (Å²) < 4.78 is 34.3. The predicted octanol–water partition coefficient (Wildman–Crippen LogP) is 4.15. The van der Waals surface area contributed by atoms with Crippen LogP contribution in [0, 0.1) is 17.0 Å². The van der Waals surface area contributed by atoms with Gasteiger partial charge in [0.1, 0.15) is 40.8 Å². The van der Waals surface area contributed by atoms with Crippen LogP contribution in [-0.2, 0) is 19.2 Å². The van der Waals surface area contributed by atoms with Crippen molar-refractivity contribution >= 4 is 63.3 Å². The third kappa shape index (κ3) is 7.66. The van der Waals surface area contributed by atoms with Crippen molar-refractivity contribution in [3.05, 3.63) is 59.9 Å². The van der Waals surface area contributed by atoms with E-state index < -0.39 is 63.8 Å². The van der Waals surface area contributed by atoms with Crippen LogP contribution in [0.15, 0.2) is 43.2 Å². The summed E-state index contributed by atoms with van der Waals surface area (Å²) in [5.41, 5.74) is -0.782. The fourth-order valence-corrected chi connectivity index (χ4v) is 5.21. The second-order valence-electron chi connectivity index (χ2n) is 12.0. The lowest BCUT2D eigenvalue weighted by atomic mass is 9.85. The Morgan fingerprint density at radius 3 is 2.51 bits per heavy atom. The molecule has 1 aliphatic rings. The third-order valence-electron chi connectivity index (χ3n) is 7.60. The molecule has 47 heavy (non-hydrogen) atoms. The number of benzene rings is 2. The van der Waals surface area contributed by atoms with Gasteiger partial charge in [0.15, 0.2) is 5.82 Å². The summed E-state index contributed by atoms with van der Waals surface area (Å²) in [4.78, 5) is 63.2. The molecule has 4 N–H and O–H groups in total. The number of fused-ring (bicyclic) bond motifs is 1. The molecule has 12 nitrogen and oxygen atoms in total. The number of carbonyl (C=O) groups excluding carboxylic acids is 4. The number of amides is 4. The van der Waals surface area contributed by atoms with Crippen LogP contribution in [0.3, 0.4) is 0 Å². The Labute approximate surface area is 275 Å². The molecule has 2 heterocycles. The molecular formula is C32H36ClF2N7O5. The molecule has 250 valence electrons. The standard InChI is InChI=1S/C32H36ClF2N7O5/c1-7-24(43)39-16(2)29(44)41-27(32(3,4)5)31(46)42(30(45)20-9-8-12-36-20)22-13-17-21(14-23(22)47-6)37-15-38-28(17)40-19-11-10-18(34)25(33)26(19)35/h7,10-11,13-16,20,27,36H,1,8-9,12H2,2-6H3,(H,39,43)(H,41,44)(H,37,38,40)/t16-,20-,27+/m0/s1. The van der Waals surface area contributed by atoms with Gasteiger partial charge in [0.2, 0.25) is 11.8 Å². The van der Waals surface area contributed by atoms with E-state index in [1.807, 2.05) is 0 Å². The molecule has 0 bridgehead atoms. The molecule has 4 rings (SSSR count). The van der Waals surface area contributed by atoms with E-state index in [2.05, 4.69) is 37.8 Å². The zero-order valence-electron chi connectivity index (χ0n) is 26.5. The van der Waals surface area contributed by atoms with E-state index in [1.54, 1.807) is 20.8 Å². The van der Waals surface area contributed by atoms with Crippen LogP contribution in [0.4, 0.5) is 26.0 Å². The molecule has 0 unspecified atom stereocenters. The molecule has 2 aromatic carbocycles. The van der Waals surface area contributed by atoms with Crippen molar-refractivity contribution in [2.24, 2.45) is 5.41 Å². The summed E-state index contributed by atoms with van der Waals surface area (Å²) in [6.45, 7) is 10.5. The van der Waals surface area contributed by atoms with Crippen LogP contribution in [-0.4, -0.2) is 65.4 Å². The molecule has 0 spiro atoms. The molecule has 1 fully saturated rings. The summed E-state index contributed by atoms with van der Waals surface area (Å²) in [6.07, 6.45) is 3.38. The van der Waals surface area contributed by atoms with E-state index in [1.165, 1.54) is 32.5 Å². The van der Waals surface area contributed by atoms with Gasteiger partial charge in [-0.1, -0.05) is 39.0 Å². The Bertz CT molecular complexity index is 1730. The molecule has 3 aromatic rings. The highest BCUT2D eigenvalue weighted by molar-refractivity contribution is 6.31. The largest absolute Gasteiger partial charge is 0.494 e. The number of halogens is 3. The van der Waals surface area contributed by atoms with E-state index in [0.29, 0.717) is 24.9 Å². The number of aromatic nitrogens is 2. The minimum atomic E-state index is -1.26. The zero-order valence-corrected chi connectivity index (χ0v) is 27.3. The second-order valence-corrected chi connectivity index (χ2v) is 12.4. The van der Waals surface area contributed by atoms with Gasteiger partial charge in [-0.2, -0.15) is 0 Å². The maximum atomic E-state index is 14.8. The summed E-state index contributed by atoms with van der Waals surface area (Å²) >= 11 is 5.78. The first-order valence-corrected chi connectivity index (χ1v) is 15.1. The van der Waals surface area contributed by atoms with Crippen LogP contribution >= 0.6 is 11.6 Å². The predicted molar refractivity (Wildman–Crippen MR) is 173 cm³/mol. The highest BCUT2D eigenvalue weighted by atomic mass is 35.5. The highest BCUT2D eigenvalue weighted by Gasteiger charge is 2.42. The smallest absolute Gasteiger partial charge is 0.257 e. The van der Waals surface area contributed by atoms with Crippen LogP contribution in [0.1, 0.15) is 40.5 Å². The molecule has 1 aromatic heterocycles.